The van der Waals surface area contributed by atoms with Crippen LogP contribution >= 0.6 is 12.6 Å². The Hall–Kier alpha value is -1.81. The van der Waals surface area contributed by atoms with E-state index in [9.17, 15) is 24.3 Å². The first-order valence-electron chi connectivity index (χ1n) is 10.9. The number of carbonyl (C=O) groups excluding carboxylic acids is 3. The van der Waals surface area contributed by atoms with Crippen LogP contribution in [-0.4, -0.2) is 58.7 Å². The average Bonchev–Trinajstić information content (AvgIpc) is 2.76. The van der Waals surface area contributed by atoms with Gasteiger partial charge in [-0.3, -0.25) is 14.4 Å². The lowest BCUT2D eigenvalue weighted by Crippen LogP contribution is -2.60. The van der Waals surface area contributed by atoms with Crippen LogP contribution in [0.15, 0.2) is 0 Å². The minimum absolute atomic E-state index is 0.0181. The fourth-order valence-electron chi connectivity index (χ4n) is 2.86. The molecule has 0 spiro atoms. The molecule has 0 radical (unpaired) electrons. The Morgan fingerprint density at radius 3 is 1.65 bits per heavy atom. The van der Waals surface area contributed by atoms with Crippen LogP contribution in [0.3, 0.4) is 0 Å². The summed E-state index contributed by atoms with van der Waals surface area (Å²) < 4.78 is 0. The number of carboxylic acids is 1. The average molecular weight is 461 g/mol. The molecule has 0 saturated heterocycles. The van der Waals surface area contributed by atoms with Crippen LogP contribution in [0.25, 0.3) is 0 Å². The molecule has 0 aliphatic carbocycles. The molecule has 0 heterocycles. The highest BCUT2D eigenvalue weighted by atomic mass is 32.1. The second kappa shape index (κ2) is 14.3. The molecular formula is C21H40N4O5S. The molecule has 0 aliphatic heterocycles. The summed E-state index contributed by atoms with van der Waals surface area (Å²) in [4.78, 5) is 49.6. The molecular weight excluding hydrogens is 420 g/mol. The fraction of sp³-hybridized carbons (Fsp3) is 0.810. The summed E-state index contributed by atoms with van der Waals surface area (Å²) in [5, 5.41) is 17.3. The number of hydrogen-bond donors (Lipinski definition) is 6. The summed E-state index contributed by atoms with van der Waals surface area (Å²) in [6.07, 6.45) is 1.86. The van der Waals surface area contributed by atoms with Gasteiger partial charge >= 0.3 is 5.97 Å². The molecule has 7 atom stereocenters. The van der Waals surface area contributed by atoms with E-state index in [0.29, 0.717) is 19.3 Å². The predicted octanol–water partition coefficient (Wildman–Crippen LogP) is 0.921. The summed E-state index contributed by atoms with van der Waals surface area (Å²) >= 11 is 4.15. The molecule has 0 fully saturated rings. The SMILES string of the molecule is CCC(C)C(N)C(=O)NC(CS)C(=O)NC(C(=O)NC(C(=O)O)C(C)CC)C(C)CC. The number of thiol groups is 1. The van der Waals surface area contributed by atoms with Gasteiger partial charge in [-0.15, -0.1) is 0 Å². The van der Waals surface area contributed by atoms with Crippen LogP contribution in [0, 0.1) is 17.8 Å². The summed E-state index contributed by atoms with van der Waals surface area (Å²) in [7, 11) is 0. The number of rotatable bonds is 14. The number of hydrogen-bond acceptors (Lipinski definition) is 6. The molecule has 6 N–H and O–H groups in total. The maximum atomic E-state index is 12.9. The van der Waals surface area contributed by atoms with Crippen LogP contribution in [0.5, 0.6) is 0 Å². The topological polar surface area (TPSA) is 151 Å². The summed E-state index contributed by atoms with van der Waals surface area (Å²) in [5.41, 5.74) is 5.93. The fourth-order valence-corrected chi connectivity index (χ4v) is 3.11. The monoisotopic (exact) mass is 460 g/mol. The maximum absolute atomic E-state index is 12.9. The highest BCUT2D eigenvalue weighted by Gasteiger charge is 2.34. The van der Waals surface area contributed by atoms with E-state index in [-0.39, 0.29) is 23.5 Å². The van der Waals surface area contributed by atoms with Gasteiger partial charge in [-0.2, -0.15) is 12.6 Å². The Morgan fingerprint density at radius 2 is 1.23 bits per heavy atom. The maximum Gasteiger partial charge on any atom is 0.326 e. The zero-order chi connectivity index (χ0) is 24.3. The Kier molecular flexibility index (Phi) is 13.5. The molecule has 7 unspecified atom stereocenters. The first-order valence-corrected chi connectivity index (χ1v) is 11.6. The normalized spacial score (nSPS) is 17.9. The van der Waals surface area contributed by atoms with Gasteiger partial charge in [0.1, 0.15) is 18.1 Å². The summed E-state index contributed by atoms with van der Waals surface area (Å²) in [5.74, 6) is -3.31. The second-order valence-corrected chi connectivity index (χ2v) is 8.60. The van der Waals surface area contributed by atoms with E-state index in [1.165, 1.54) is 0 Å². The van der Waals surface area contributed by atoms with Gasteiger partial charge in [-0.1, -0.05) is 60.8 Å². The number of nitrogens with two attached hydrogens (primary N) is 1. The molecule has 0 aromatic heterocycles. The zero-order valence-electron chi connectivity index (χ0n) is 19.5. The lowest BCUT2D eigenvalue weighted by molar-refractivity contribution is -0.144. The molecule has 0 bridgehead atoms. The summed E-state index contributed by atoms with van der Waals surface area (Å²) in [6, 6.07) is -3.75. The molecule has 0 aliphatic rings. The van der Waals surface area contributed by atoms with E-state index >= 15 is 0 Å². The third-order valence-corrected chi connectivity index (χ3v) is 6.31. The van der Waals surface area contributed by atoms with Gasteiger partial charge in [-0.25, -0.2) is 4.79 Å². The lowest BCUT2D eigenvalue weighted by atomic mass is 9.95. The van der Waals surface area contributed by atoms with Gasteiger partial charge in [0.05, 0.1) is 6.04 Å². The third kappa shape index (κ3) is 9.06. The van der Waals surface area contributed by atoms with Gasteiger partial charge in [0.2, 0.25) is 17.7 Å². The van der Waals surface area contributed by atoms with E-state index in [1.54, 1.807) is 13.8 Å². The van der Waals surface area contributed by atoms with E-state index in [0.717, 1.165) is 0 Å². The number of amides is 3. The minimum atomic E-state index is -1.13. The van der Waals surface area contributed by atoms with Crippen LogP contribution in [-0.2, 0) is 19.2 Å². The lowest BCUT2D eigenvalue weighted by Gasteiger charge is -2.29. The van der Waals surface area contributed by atoms with Gasteiger partial charge < -0.3 is 26.8 Å². The Morgan fingerprint density at radius 1 is 0.774 bits per heavy atom. The quantitative estimate of drug-likeness (QED) is 0.212. The standard InChI is InChI=1S/C21H40N4O5S/c1-7-11(4)15(22)19(27)23-14(10-31)18(26)24-16(12(5)8-2)20(28)25-17(21(29)30)13(6)9-3/h11-17,31H,7-10,22H2,1-6H3,(H,23,27)(H,24,26)(H,25,28)(H,29,30). The molecule has 10 heteroatoms. The molecule has 0 rings (SSSR count). The van der Waals surface area contributed by atoms with Crippen LogP contribution in [0.1, 0.15) is 60.8 Å². The van der Waals surface area contributed by atoms with Gasteiger partial charge in [0.15, 0.2) is 0 Å². The van der Waals surface area contributed by atoms with E-state index in [4.69, 9.17) is 5.73 Å². The van der Waals surface area contributed by atoms with E-state index < -0.39 is 47.9 Å². The minimum Gasteiger partial charge on any atom is -0.480 e. The van der Waals surface area contributed by atoms with Crippen molar-refractivity contribution in [3.8, 4) is 0 Å². The van der Waals surface area contributed by atoms with Crippen LogP contribution in [0.2, 0.25) is 0 Å². The van der Waals surface area contributed by atoms with Crippen molar-refractivity contribution in [3.63, 3.8) is 0 Å². The van der Waals surface area contributed by atoms with E-state index in [2.05, 4.69) is 28.6 Å². The molecule has 31 heavy (non-hydrogen) atoms. The van der Waals surface area contributed by atoms with Gasteiger partial charge in [-0.05, 0) is 17.8 Å². The second-order valence-electron chi connectivity index (χ2n) is 8.24. The smallest absolute Gasteiger partial charge is 0.326 e. The molecule has 0 saturated carbocycles. The highest BCUT2D eigenvalue weighted by Crippen LogP contribution is 2.13. The largest absolute Gasteiger partial charge is 0.480 e. The van der Waals surface area contributed by atoms with E-state index in [1.807, 2.05) is 27.7 Å². The van der Waals surface area contributed by atoms with Crippen LogP contribution in [0.4, 0.5) is 0 Å². The molecule has 0 aromatic carbocycles. The molecule has 0 aromatic rings. The number of aliphatic carboxylic acids is 1. The molecule has 180 valence electrons. The number of carboxylic acid groups (broad SMARTS) is 1. The van der Waals surface area contributed by atoms with Crippen molar-refractivity contribution in [2.75, 3.05) is 5.75 Å². The molecule has 3 amide bonds. The van der Waals surface area contributed by atoms with Crippen molar-refractivity contribution in [2.24, 2.45) is 23.5 Å². The zero-order valence-corrected chi connectivity index (χ0v) is 20.4. The third-order valence-electron chi connectivity index (χ3n) is 5.95. The Balaban J connectivity index is 5.40. The highest BCUT2D eigenvalue weighted by molar-refractivity contribution is 7.80. The van der Waals surface area contributed by atoms with Crippen molar-refractivity contribution in [3.05, 3.63) is 0 Å². The first-order chi connectivity index (χ1) is 14.4. The van der Waals surface area contributed by atoms with Crippen LogP contribution < -0.4 is 21.7 Å². The number of nitrogens with one attached hydrogen (secondary N) is 3. The van der Waals surface area contributed by atoms with Crippen molar-refractivity contribution in [1.82, 2.24) is 16.0 Å². The summed E-state index contributed by atoms with van der Waals surface area (Å²) in [6.45, 7) is 11.0. The van der Waals surface area contributed by atoms with Crippen molar-refractivity contribution in [1.29, 1.82) is 0 Å². The number of carbonyl (C=O) groups is 4. The first kappa shape index (κ1) is 29.2. The van der Waals surface area contributed by atoms with Crippen molar-refractivity contribution < 1.29 is 24.3 Å². The molecule has 9 nitrogen and oxygen atoms in total. The van der Waals surface area contributed by atoms with Gasteiger partial charge in [0, 0.05) is 5.75 Å². The Labute approximate surface area is 191 Å². The van der Waals surface area contributed by atoms with Crippen molar-refractivity contribution >= 4 is 36.3 Å². The Bertz CT molecular complexity index is 619. The van der Waals surface area contributed by atoms with Crippen molar-refractivity contribution in [2.45, 2.75) is 85.0 Å². The predicted molar refractivity (Wildman–Crippen MR) is 124 cm³/mol. The van der Waals surface area contributed by atoms with Gasteiger partial charge in [0.25, 0.3) is 0 Å².